The van der Waals surface area contributed by atoms with Gasteiger partial charge in [0.2, 0.25) is 0 Å². The lowest BCUT2D eigenvalue weighted by molar-refractivity contribution is -0.255. The summed E-state index contributed by atoms with van der Waals surface area (Å²) in [5.74, 6) is 0.110. The average Bonchev–Trinajstić information content (AvgIpc) is 2.80. The summed E-state index contributed by atoms with van der Waals surface area (Å²) in [5.41, 5.74) is 1.12. The Hall–Kier alpha value is -2.23. The van der Waals surface area contributed by atoms with Crippen LogP contribution in [0.3, 0.4) is 0 Å². The molecule has 0 aliphatic heterocycles. The fourth-order valence-electron chi connectivity index (χ4n) is 2.83. The van der Waals surface area contributed by atoms with E-state index in [-0.39, 0.29) is 5.69 Å². The quantitative estimate of drug-likeness (QED) is 0.765. The van der Waals surface area contributed by atoms with Crippen LogP contribution >= 0.6 is 0 Å². The van der Waals surface area contributed by atoms with Gasteiger partial charge in [0, 0.05) is 11.9 Å². The Morgan fingerprint density at radius 1 is 1.48 bits per heavy atom. The molecule has 3 rings (SSSR count). The van der Waals surface area contributed by atoms with Crippen LogP contribution in [-0.2, 0) is 6.54 Å². The first-order valence-corrected chi connectivity index (χ1v) is 7.28. The van der Waals surface area contributed by atoms with Gasteiger partial charge in [0.25, 0.3) is 0 Å². The molecule has 0 N–H and O–H groups in total. The first-order chi connectivity index (χ1) is 10.2. The van der Waals surface area contributed by atoms with Gasteiger partial charge in [0.15, 0.2) is 0 Å². The van der Waals surface area contributed by atoms with E-state index in [4.69, 9.17) is 4.74 Å². The number of carbonyl (C=O) groups excluding carboxylic acids is 1. The van der Waals surface area contributed by atoms with Crippen LogP contribution in [0, 0.1) is 5.92 Å². The molecule has 110 valence electrons. The first-order valence-electron chi connectivity index (χ1n) is 7.28. The number of hydrogen-bond donors (Lipinski definition) is 0. The van der Waals surface area contributed by atoms with E-state index in [1.54, 1.807) is 12.1 Å². The number of fused-ring (bicyclic) bond motifs is 1. The van der Waals surface area contributed by atoms with Crippen molar-refractivity contribution in [3.8, 4) is 5.75 Å². The standard InChI is InChI=1S/C17H19NO3/c1-2-9-21-16-8-4-7-14-13(16)10-15(17(19)20)18(14)11-12-5-3-6-12/h2,4,7-8,10,12H,1,3,5-6,9,11H2,(H,19,20)/p-1. The molecule has 0 bridgehead atoms. The Balaban J connectivity index is 2.07. The van der Waals surface area contributed by atoms with Crippen LogP contribution < -0.4 is 9.84 Å². The monoisotopic (exact) mass is 284 g/mol. The second-order valence-electron chi connectivity index (χ2n) is 5.51. The third-order valence-electron chi connectivity index (χ3n) is 4.14. The summed E-state index contributed by atoms with van der Waals surface area (Å²) in [4.78, 5) is 11.4. The molecule has 1 heterocycles. The van der Waals surface area contributed by atoms with Gasteiger partial charge in [-0.1, -0.05) is 25.1 Å². The number of ether oxygens (including phenoxy) is 1. The van der Waals surface area contributed by atoms with Crippen molar-refractivity contribution in [2.75, 3.05) is 6.61 Å². The minimum absolute atomic E-state index is 0.228. The number of rotatable bonds is 6. The number of carboxylic acids is 1. The normalized spacial score (nSPS) is 14.9. The van der Waals surface area contributed by atoms with E-state index in [1.165, 1.54) is 19.3 Å². The zero-order valence-corrected chi connectivity index (χ0v) is 11.9. The van der Waals surface area contributed by atoms with Crippen molar-refractivity contribution in [1.29, 1.82) is 0 Å². The predicted molar refractivity (Wildman–Crippen MR) is 79.3 cm³/mol. The number of aromatic nitrogens is 1. The third-order valence-corrected chi connectivity index (χ3v) is 4.14. The van der Waals surface area contributed by atoms with Crippen molar-refractivity contribution in [1.82, 2.24) is 4.57 Å². The highest BCUT2D eigenvalue weighted by Gasteiger charge is 2.21. The molecule has 0 spiro atoms. The van der Waals surface area contributed by atoms with Crippen molar-refractivity contribution < 1.29 is 14.6 Å². The van der Waals surface area contributed by atoms with Gasteiger partial charge in [-0.15, -0.1) is 0 Å². The summed E-state index contributed by atoms with van der Waals surface area (Å²) >= 11 is 0. The van der Waals surface area contributed by atoms with E-state index in [0.29, 0.717) is 18.3 Å². The van der Waals surface area contributed by atoms with Crippen molar-refractivity contribution in [2.24, 2.45) is 5.92 Å². The van der Waals surface area contributed by atoms with Crippen molar-refractivity contribution >= 4 is 16.9 Å². The summed E-state index contributed by atoms with van der Waals surface area (Å²) in [6.45, 7) is 4.76. The highest BCUT2D eigenvalue weighted by Crippen LogP contribution is 2.33. The van der Waals surface area contributed by atoms with E-state index in [0.717, 1.165) is 17.4 Å². The summed E-state index contributed by atoms with van der Waals surface area (Å²) in [6, 6.07) is 7.32. The van der Waals surface area contributed by atoms with Crippen molar-refractivity contribution in [3.63, 3.8) is 0 Å². The van der Waals surface area contributed by atoms with Gasteiger partial charge < -0.3 is 19.2 Å². The SMILES string of the molecule is C=CCOc1cccc2c1cc(C(=O)[O-])n2CC1CCC1. The van der Waals surface area contributed by atoms with Crippen molar-refractivity contribution in [3.05, 3.63) is 42.6 Å². The van der Waals surface area contributed by atoms with Crippen LogP contribution in [-0.4, -0.2) is 17.1 Å². The van der Waals surface area contributed by atoms with Crippen LogP contribution in [0.15, 0.2) is 36.9 Å². The molecule has 4 nitrogen and oxygen atoms in total. The average molecular weight is 284 g/mol. The summed E-state index contributed by atoms with van der Waals surface area (Å²) in [7, 11) is 0. The van der Waals surface area contributed by atoms with Gasteiger partial charge in [-0.2, -0.15) is 0 Å². The van der Waals surface area contributed by atoms with E-state index in [1.807, 2.05) is 22.8 Å². The second kappa shape index (κ2) is 5.64. The Bertz CT molecular complexity index is 683. The molecular weight excluding hydrogens is 266 g/mol. The van der Waals surface area contributed by atoms with Crippen LogP contribution in [0.25, 0.3) is 10.9 Å². The van der Waals surface area contributed by atoms with Gasteiger partial charge in [0.1, 0.15) is 12.4 Å². The Morgan fingerprint density at radius 3 is 2.90 bits per heavy atom. The fourth-order valence-corrected chi connectivity index (χ4v) is 2.83. The number of carbonyl (C=O) groups is 1. The maximum absolute atomic E-state index is 11.4. The number of nitrogens with zero attached hydrogens (tertiary/aromatic N) is 1. The van der Waals surface area contributed by atoms with Gasteiger partial charge in [-0.25, -0.2) is 0 Å². The second-order valence-corrected chi connectivity index (χ2v) is 5.51. The van der Waals surface area contributed by atoms with E-state index in [9.17, 15) is 9.90 Å². The molecule has 21 heavy (non-hydrogen) atoms. The number of benzene rings is 1. The highest BCUT2D eigenvalue weighted by molar-refractivity contribution is 5.96. The minimum Gasteiger partial charge on any atom is -0.543 e. The first kappa shape index (κ1) is 13.7. The van der Waals surface area contributed by atoms with Crippen molar-refractivity contribution in [2.45, 2.75) is 25.8 Å². The molecule has 2 aromatic rings. The Kier molecular flexibility index (Phi) is 3.69. The molecule has 1 aliphatic carbocycles. The largest absolute Gasteiger partial charge is 0.543 e. The topological polar surface area (TPSA) is 54.3 Å². The molecule has 1 aliphatic rings. The molecule has 0 atom stereocenters. The van der Waals surface area contributed by atoms with Gasteiger partial charge >= 0.3 is 0 Å². The molecule has 1 aromatic carbocycles. The van der Waals surface area contributed by atoms with Gasteiger partial charge in [-0.05, 0) is 37.0 Å². The van der Waals surface area contributed by atoms with Crippen LogP contribution in [0.1, 0.15) is 29.8 Å². The zero-order valence-electron chi connectivity index (χ0n) is 11.9. The smallest absolute Gasteiger partial charge is 0.129 e. The Labute approximate surface area is 123 Å². The molecule has 0 radical (unpaired) electrons. The van der Waals surface area contributed by atoms with E-state index < -0.39 is 5.97 Å². The number of aromatic carboxylic acids is 1. The maximum atomic E-state index is 11.4. The highest BCUT2D eigenvalue weighted by atomic mass is 16.5. The van der Waals surface area contributed by atoms with E-state index >= 15 is 0 Å². The minimum atomic E-state index is -1.14. The van der Waals surface area contributed by atoms with Crippen LogP contribution in [0.4, 0.5) is 0 Å². The number of carboxylic acid groups (broad SMARTS) is 1. The summed E-state index contributed by atoms with van der Waals surface area (Å²) in [5, 5.41) is 12.2. The predicted octanol–water partition coefficient (Wildman–Crippen LogP) is 2.37. The summed E-state index contributed by atoms with van der Waals surface area (Å²) < 4.78 is 7.47. The zero-order chi connectivity index (χ0) is 14.8. The molecule has 0 saturated heterocycles. The Morgan fingerprint density at radius 2 is 2.29 bits per heavy atom. The molecule has 1 fully saturated rings. The molecule has 4 heteroatoms. The lowest BCUT2D eigenvalue weighted by Crippen LogP contribution is -2.28. The fraction of sp³-hybridized carbons (Fsp3) is 0.353. The molecule has 1 saturated carbocycles. The molecule has 0 unspecified atom stereocenters. The molecule has 1 aromatic heterocycles. The number of hydrogen-bond acceptors (Lipinski definition) is 3. The lowest BCUT2D eigenvalue weighted by Gasteiger charge is -2.27. The maximum Gasteiger partial charge on any atom is 0.129 e. The van der Waals surface area contributed by atoms with Crippen LogP contribution in [0.5, 0.6) is 5.75 Å². The molecular formula is C17H18NO3-. The van der Waals surface area contributed by atoms with Gasteiger partial charge in [0.05, 0.1) is 17.2 Å². The lowest BCUT2D eigenvalue weighted by atomic mass is 9.85. The summed E-state index contributed by atoms with van der Waals surface area (Å²) in [6.07, 6.45) is 5.24. The van der Waals surface area contributed by atoms with Gasteiger partial charge in [-0.3, -0.25) is 0 Å². The van der Waals surface area contributed by atoms with Crippen LogP contribution in [0.2, 0.25) is 0 Å². The third kappa shape index (κ3) is 2.53. The van der Waals surface area contributed by atoms with E-state index in [2.05, 4.69) is 6.58 Å². The molecule has 0 amide bonds.